The molecule has 1 unspecified atom stereocenters. The molecule has 2 aromatic carbocycles. The number of amides is 1. The number of pyridine rings is 1. The standard InChI is InChI=1S/C29H34N2O5S/c1-21-7-16-26(17-8-21)37-36-34-20-33-22(2)27-18-13-24(19-30-27)10-9-23-11-14-25(15-12-23)31(6)28(32)35-29(3,4)5/h7-19,22H,20H2,1-6H3/b10-9+. The quantitative estimate of drug-likeness (QED) is 0.0891. The lowest BCUT2D eigenvalue weighted by Crippen LogP contribution is -2.34. The monoisotopic (exact) mass is 522 g/mol. The summed E-state index contributed by atoms with van der Waals surface area (Å²) in [6.07, 6.45) is 5.13. The summed E-state index contributed by atoms with van der Waals surface area (Å²) in [7, 11) is 1.69. The topological polar surface area (TPSA) is 70.1 Å². The molecule has 196 valence electrons. The van der Waals surface area contributed by atoms with E-state index in [2.05, 4.69) is 4.98 Å². The third-order valence-corrected chi connectivity index (χ3v) is 5.84. The molecule has 1 aromatic heterocycles. The summed E-state index contributed by atoms with van der Waals surface area (Å²) in [5.74, 6) is 0. The van der Waals surface area contributed by atoms with E-state index >= 15 is 0 Å². The summed E-state index contributed by atoms with van der Waals surface area (Å²) in [5.41, 5.74) is 4.17. The van der Waals surface area contributed by atoms with Crippen molar-refractivity contribution in [2.45, 2.75) is 51.2 Å². The highest BCUT2D eigenvalue weighted by Gasteiger charge is 2.20. The lowest BCUT2D eigenvalue weighted by molar-refractivity contribution is -0.264. The molecule has 0 bridgehead atoms. The van der Waals surface area contributed by atoms with Crippen LogP contribution in [-0.4, -0.2) is 30.5 Å². The molecule has 0 aliphatic rings. The Morgan fingerprint density at radius 2 is 1.65 bits per heavy atom. The van der Waals surface area contributed by atoms with Crippen molar-refractivity contribution in [1.82, 2.24) is 4.98 Å². The smallest absolute Gasteiger partial charge is 0.414 e. The Kier molecular flexibility index (Phi) is 10.3. The third-order valence-electron chi connectivity index (χ3n) is 5.21. The van der Waals surface area contributed by atoms with Crippen molar-refractivity contribution in [3.8, 4) is 0 Å². The Morgan fingerprint density at radius 1 is 1.00 bits per heavy atom. The van der Waals surface area contributed by atoms with Gasteiger partial charge in [-0.05, 0) is 76.1 Å². The van der Waals surface area contributed by atoms with Gasteiger partial charge in [0, 0.05) is 23.8 Å². The Labute approximate surface area is 223 Å². The molecule has 8 heteroatoms. The van der Waals surface area contributed by atoms with Gasteiger partial charge in [-0.15, -0.1) is 0 Å². The molecule has 1 amide bonds. The van der Waals surface area contributed by atoms with Gasteiger partial charge in [-0.3, -0.25) is 9.88 Å². The molecule has 37 heavy (non-hydrogen) atoms. The number of anilines is 1. The van der Waals surface area contributed by atoms with E-state index in [1.807, 2.05) is 107 Å². The molecular formula is C29H34N2O5S. The average molecular weight is 523 g/mol. The number of aromatic nitrogens is 1. The van der Waals surface area contributed by atoms with Crippen LogP contribution in [0.1, 0.15) is 56.2 Å². The zero-order valence-electron chi connectivity index (χ0n) is 22.1. The lowest BCUT2D eigenvalue weighted by Gasteiger charge is -2.24. The molecule has 3 rings (SSSR count). The molecule has 3 aromatic rings. The second kappa shape index (κ2) is 13.4. The molecule has 7 nitrogen and oxygen atoms in total. The summed E-state index contributed by atoms with van der Waals surface area (Å²) >= 11 is 1.14. The maximum atomic E-state index is 12.2. The number of nitrogens with zero attached hydrogens (tertiary/aromatic N) is 2. The molecule has 0 aliphatic heterocycles. The summed E-state index contributed by atoms with van der Waals surface area (Å²) in [4.78, 5) is 24.3. The van der Waals surface area contributed by atoms with Gasteiger partial charge in [-0.1, -0.05) is 48.0 Å². The fourth-order valence-corrected chi connectivity index (χ4v) is 3.50. The van der Waals surface area contributed by atoms with E-state index in [-0.39, 0.29) is 19.0 Å². The van der Waals surface area contributed by atoms with Crippen LogP contribution in [0.25, 0.3) is 12.2 Å². The van der Waals surface area contributed by atoms with Gasteiger partial charge in [0.2, 0.25) is 0 Å². The van der Waals surface area contributed by atoms with Crippen LogP contribution in [0.3, 0.4) is 0 Å². The van der Waals surface area contributed by atoms with Crippen molar-refractivity contribution in [1.29, 1.82) is 0 Å². The molecule has 1 atom stereocenters. The molecule has 0 radical (unpaired) electrons. The number of ether oxygens (including phenoxy) is 2. The summed E-state index contributed by atoms with van der Waals surface area (Å²) in [6.45, 7) is 9.47. The fourth-order valence-electron chi connectivity index (χ4n) is 3.09. The molecule has 0 spiro atoms. The normalized spacial score (nSPS) is 12.5. The van der Waals surface area contributed by atoms with Gasteiger partial charge in [-0.2, -0.15) is 9.22 Å². The summed E-state index contributed by atoms with van der Waals surface area (Å²) < 4.78 is 16.2. The highest BCUT2D eigenvalue weighted by Crippen LogP contribution is 2.21. The second-order valence-electron chi connectivity index (χ2n) is 9.49. The number of rotatable bonds is 10. The SMILES string of the molecule is Cc1ccc(SOOCOC(C)c2ccc(/C=C/c3ccc(N(C)C(=O)OC(C)(C)C)cc3)cn2)cc1. The van der Waals surface area contributed by atoms with E-state index in [4.69, 9.17) is 18.7 Å². The van der Waals surface area contributed by atoms with E-state index in [1.54, 1.807) is 13.2 Å². The van der Waals surface area contributed by atoms with E-state index in [9.17, 15) is 4.79 Å². The van der Waals surface area contributed by atoms with Gasteiger partial charge in [0.05, 0.1) is 23.8 Å². The molecular weight excluding hydrogens is 488 g/mol. The lowest BCUT2D eigenvalue weighted by atomic mass is 10.1. The molecule has 0 saturated heterocycles. The minimum Gasteiger partial charge on any atom is -0.443 e. The van der Waals surface area contributed by atoms with Gasteiger partial charge < -0.3 is 9.47 Å². The summed E-state index contributed by atoms with van der Waals surface area (Å²) in [6, 6.07) is 19.5. The number of benzene rings is 2. The van der Waals surface area contributed by atoms with E-state index in [0.717, 1.165) is 39.4 Å². The van der Waals surface area contributed by atoms with Crippen LogP contribution in [0.2, 0.25) is 0 Å². The van der Waals surface area contributed by atoms with Gasteiger partial charge in [-0.25, -0.2) is 4.79 Å². The molecule has 1 heterocycles. The van der Waals surface area contributed by atoms with Crippen LogP contribution < -0.4 is 4.90 Å². The van der Waals surface area contributed by atoms with Crippen molar-refractivity contribution in [2.24, 2.45) is 0 Å². The van der Waals surface area contributed by atoms with Crippen LogP contribution in [0.15, 0.2) is 71.8 Å². The Bertz CT molecular complexity index is 1160. The molecule has 0 aliphatic carbocycles. The zero-order chi connectivity index (χ0) is 26.8. The number of hydrogen-bond acceptors (Lipinski definition) is 7. The second-order valence-corrected chi connectivity index (χ2v) is 10.3. The van der Waals surface area contributed by atoms with E-state index < -0.39 is 5.60 Å². The first-order chi connectivity index (χ1) is 17.6. The zero-order valence-corrected chi connectivity index (χ0v) is 23.0. The van der Waals surface area contributed by atoms with E-state index in [1.165, 1.54) is 10.5 Å². The van der Waals surface area contributed by atoms with Crippen molar-refractivity contribution in [2.75, 3.05) is 18.7 Å². The van der Waals surface area contributed by atoms with Gasteiger partial charge in [0.25, 0.3) is 0 Å². The molecule has 0 fully saturated rings. The average Bonchev–Trinajstić information content (AvgIpc) is 2.87. The minimum atomic E-state index is -0.537. The fraction of sp³-hybridized carbons (Fsp3) is 0.310. The van der Waals surface area contributed by atoms with Crippen molar-refractivity contribution in [3.63, 3.8) is 0 Å². The van der Waals surface area contributed by atoms with Gasteiger partial charge >= 0.3 is 6.09 Å². The van der Waals surface area contributed by atoms with Crippen molar-refractivity contribution < 1.29 is 23.5 Å². The first-order valence-electron chi connectivity index (χ1n) is 12.0. The van der Waals surface area contributed by atoms with Crippen LogP contribution in [0, 0.1) is 6.92 Å². The van der Waals surface area contributed by atoms with E-state index in [0.29, 0.717) is 0 Å². The molecule has 0 N–H and O–H groups in total. The maximum absolute atomic E-state index is 12.2. The van der Waals surface area contributed by atoms with Gasteiger partial charge in [0.15, 0.2) is 6.79 Å². The summed E-state index contributed by atoms with van der Waals surface area (Å²) in [5, 5.41) is 0. The largest absolute Gasteiger partial charge is 0.443 e. The predicted molar refractivity (Wildman–Crippen MR) is 148 cm³/mol. The molecule has 0 saturated carbocycles. The first-order valence-corrected chi connectivity index (χ1v) is 12.7. The van der Waals surface area contributed by atoms with Gasteiger partial charge in [0.1, 0.15) is 5.60 Å². The maximum Gasteiger partial charge on any atom is 0.414 e. The highest BCUT2D eigenvalue weighted by atomic mass is 32.2. The van der Waals surface area contributed by atoms with Crippen molar-refractivity contribution >= 4 is 36.0 Å². The number of hydrogen-bond donors (Lipinski definition) is 0. The Hall–Kier alpha value is -3.17. The minimum absolute atomic E-state index is 0.0114. The number of carbonyl (C=O) groups excluding carboxylic acids is 1. The predicted octanol–water partition coefficient (Wildman–Crippen LogP) is 7.62. The number of carbonyl (C=O) groups is 1. The first kappa shape index (κ1) is 28.4. The number of aryl methyl sites for hydroxylation is 1. The highest BCUT2D eigenvalue weighted by molar-refractivity contribution is 7.94. The van der Waals surface area contributed by atoms with Crippen LogP contribution in [0.4, 0.5) is 10.5 Å². The van der Waals surface area contributed by atoms with Crippen LogP contribution >= 0.6 is 12.0 Å². The third kappa shape index (κ3) is 9.66. The Morgan fingerprint density at radius 3 is 2.27 bits per heavy atom. The van der Waals surface area contributed by atoms with Crippen LogP contribution in [-0.2, 0) is 18.7 Å². The Balaban J connectivity index is 1.44. The van der Waals surface area contributed by atoms with Crippen molar-refractivity contribution in [3.05, 3.63) is 89.2 Å². The van der Waals surface area contributed by atoms with Crippen LogP contribution in [0.5, 0.6) is 0 Å².